The largest absolute Gasteiger partial charge is 0.454 e. The number of aromatic nitrogens is 1. The van der Waals surface area contributed by atoms with Gasteiger partial charge in [-0.3, -0.25) is 4.79 Å². The fourth-order valence-corrected chi connectivity index (χ4v) is 2.20. The number of pyridine rings is 1. The SMILES string of the molecule is Cc1cccc[n+]1CC(=O)NCc1ccc2c(c1)OCO2. The molecule has 0 saturated heterocycles. The Balaban J connectivity index is 1.58. The summed E-state index contributed by atoms with van der Waals surface area (Å²) in [6.07, 6.45) is 1.90. The molecule has 3 rings (SSSR count). The lowest BCUT2D eigenvalue weighted by atomic mass is 10.2. The van der Waals surface area contributed by atoms with Gasteiger partial charge in [0.1, 0.15) is 0 Å². The van der Waals surface area contributed by atoms with Crippen LogP contribution in [0.2, 0.25) is 0 Å². The fourth-order valence-electron chi connectivity index (χ4n) is 2.20. The number of carbonyl (C=O) groups excluding carboxylic acids is 1. The van der Waals surface area contributed by atoms with Crippen molar-refractivity contribution in [1.82, 2.24) is 5.32 Å². The first-order chi connectivity index (χ1) is 10.2. The molecule has 108 valence electrons. The average molecular weight is 285 g/mol. The Kier molecular flexibility index (Phi) is 3.73. The summed E-state index contributed by atoms with van der Waals surface area (Å²) in [6.45, 7) is 3.03. The molecule has 0 fully saturated rings. The molecule has 1 aliphatic rings. The summed E-state index contributed by atoms with van der Waals surface area (Å²) in [6, 6.07) is 11.5. The van der Waals surface area contributed by atoms with E-state index in [1.54, 1.807) is 0 Å². The Hall–Kier alpha value is -2.56. The zero-order valence-corrected chi connectivity index (χ0v) is 11.8. The van der Waals surface area contributed by atoms with Crippen LogP contribution in [0.15, 0.2) is 42.6 Å². The van der Waals surface area contributed by atoms with Crippen LogP contribution in [0.3, 0.4) is 0 Å². The minimum atomic E-state index is -0.0213. The summed E-state index contributed by atoms with van der Waals surface area (Å²) in [4.78, 5) is 12.0. The molecule has 2 aromatic rings. The fraction of sp³-hybridized carbons (Fsp3) is 0.250. The predicted molar refractivity (Wildman–Crippen MR) is 75.8 cm³/mol. The number of aryl methyl sites for hydroxylation is 1. The molecular weight excluding hydrogens is 268 g/mol. The van der Waals surface area contributed by atoms with Gasteiger partial charge in [0.15, 0.2) is 23.4 Å². The molecule has 21 heavy (non-hydrogen) atoms. The van der Waals surface area contributed by atoms with Crippen LogP contribution in [0.25, 0.3) is 0 Å². The standard InChI is InChI=1S/C16H16N2O3/c1-12-4-2-3-7-18(12)10-16(19)17-9-13-5-6-14-15(8-13)21-11-20-14/h2-8H,9-11H2,1H3/p+1. The lowest BCUT2D eigenvalue weighted by Crippen LogP contribution is -2.44. The minimum absolute atomic E-state index is 0.0213. The number of fused-ring (bicyclic) bond motifs is 1. The van der Waals surface area contributed by atoms with Crippen molar-refractivity contribution in [3.05, 3.63) is 53.9 Å². The van der Waals surface area contributed by atoms with Crippen LogP contribution < -0.4 is 19.4 Å². The molecule has 0 unspecified atom stereocenters. The Morgan fingerprint density at radius 1 is 1.24 bits per heavy atom. The van der Waals surface area contributed by atoms with Gasteiger partial charge in [0.05, 0.1) is 0 Å². The number of amides is 1. The van der Waals surface area contributed by atoms with Gasteiger partial charge in [-0.25, -0.2) is 0 Å². The molecule has 2 heterocycles. The van der Waals surface area contributed by atoms with Crippen LogP contribution in [-0.2, 0) is 17.9 Å². The highest BCUT2D eigenvalue weighted by Crippen LogP contribution is 2.32. The van der Waals surface area contributed by atoms with E-state index >= 15 is 0 Å². The van der Waals surface area contributed by atoms with Crippen molar-refractivity contribution < 1.29 is 18.8 Å². The first kappa shape index (κ1) is 13.4. The summed E-state index contributed by atoms with van der Waals surface area (Å²) in [5, 5.41) is 2.91. The van der Waals surface area contributed by atoms with Crippen molar-refractivity contribution in [3.63, 3.8) is 0 Å². The Bertz CT molecular complexity index is 670. The highest BCUT2D eigenvalue weighted by atomic mass is 16.7. The molecule has 1 aromatic heterocycles. The summed E-state index contributed by atoms with van der Waals surface area (Å²) in [5.74, 6) is 1.46. The van der Waals surface area contributed by atoms with E-state index in [2.05, 4.69) is 5.32 Å². The van der Waals surface area contributed by atoms with Crippen LogP contribution in [0, 0.1) is 6.92 Å². The van der Waals surface area contributed by atoms with Crippen LogP contribution in [0.1, 0.15) is 11.3 Å². The van der Waals surface area contributed by atoms with Gasteiger partial charge < -0.3 is 14.8 Å². The second-order valence-corrected chi connectivity index (χ2v) is 4.93. The number of hydrogen-bond donors (Lipinski definition) is 1. The van der Waals surface area contributed by atoms with Gasteiger partial charge in [-0.1, -0.05) is 12.1 Å². The zero-order valence-electron chi connectivity index (χ0n) is 11.8. The number of nitrogens with zero attached hydrogens (tertiary/aromatic N) is 1. The molecule has 1 N–H and O–H groups in total. The van der Waals surface area contributed by atoms with Crippen LogP contribution in [-0.4, -0.2) is 12.7 Å². The van der Waals surface area contributed by atoms with Gasteiger partial charge in [-0.15, -0.1) is 0 Å². The minimum Gasteiger partial charge on any atom is -0.454 e. The van der Waals surface area contributed by atoms with E-state index in [0.717, 1.165) is 22.8 Å². The number of ether oxygens (including phenoxy) is 2. The average Bonchev–Trinajstić information content (AvgIpc) is 2.95. The van der Waals surface area contributed by atoms with E-state index < -0.39 is 0 Å². The molecule has 0 atom stereocenters. The number of benzene rings is 1. The Labute approximate surface area is 123 Å². The van der Waals surface area contributed by atoms with Gasteiger partial charge in [0.2, 0.25) is 13.3 Å². The van der Waals surface area contributed by atoms with Crippen molar-refractivity contribution in [3.8, 4) is 11.5 Å². The molecule has 5 heteroatoms. The van der Waals surface area contributed by atoms with Crippen molar-refractivity contribution >= 4 is 5.91 Å². The maximum atomic E-state index is 12.0. The molecule has 0 saturated carbocycles. The molecule has 1 aromatic carbocycles. The van der Waals surface area contributed by atoms with E-state index in [9.17, 15) is 4.79 Å². The number of nitrogens with one attached hydrogen (secondary N) is 1. The third kappa shape index (κ3) is 3.13. The second-order valence-electron chi connectivity index (χ2n) is 4.93. The number of rotatable bonds is 4. The Morgan fingerprint density at radius 3 is 2.95 bits per heavy atom. The quantitative estimate of drug-likeness (QED) is 0.862. The molecule has 1 amide bonds. The summed E-state index contributed by atoms with van der Waals surface area (Å²) < 4.78 is 12.5. The molecule has 0 spiro atoms. The lowest BCUT2D eigenvalue weighted by Gasteiger charge is -2.05. The summed E-state index contributed by atoms with van der Waals surface area (Å²) in [5.41, 5.74) is 2.04. The zero-order chi connectivity index (χ0) is 14.7. The van der Waals surface area contributed by atoms with E-state index in [0.29, 0.717) is 13.1 Å². The normalized spacial score (nSPS) is 12.2. The van der Waals surface area contributed by atoms with E-state index in [1.807, 2.05) is 54.1 Å². The van der Waals surface area contributed by atoms with Crippen molar-refractivity contribution in [2.75, 3.05) is 6.79 Å². The maximum Gasteiger partial charge on any atom is 0.286 e. The van der Waals surface area contributed by atoms with Crippen LogP contribution >= 0.6 is 0 Å². The van der Waals surface area contributed by atoms with E-state index in [-0.39, 0.29) is 12.7 Å². The monoisotopic (exact) mass is 285 g/mol. The van der Waals surface area contributed by atoms with Gasteiger partial charge in [-0.2, -0.15) is 4.57 Å². The molecular formula is C16H17N2O3+. The predicted octanol–water partition coefficient (Wildman–Crippen LogP) is 1.33. The lowest BCUT2D eigenvalue weighted by molar-refractivity contribution is -0.690. The van der Waals surface area contributed by atoms with Crippen LogP contribution in [0.4, 0.5) is 0 Å². The second kappa shape index (κ2) is 5.83. The third-order valence-corrected chi connectivity index (χ3v) is 3.41. The first-order valence-corrected chi connectivity index (χ1v) is 6.83. The number of carbonyl (C=O) groups is 1. The molecule has 5 nitrogen and oxygen atoms in total. The molecule has 0 bridgehead atoms. The molecule has 1 aliphatic heterocycles. The smallest absolute Gasteiger partial charge is 0.286 e. The summed E-state index contributed by atoms with van der Waals surface area (Å²) in [7, 11) is 0. The maximum absolute atomic E-state index is 12.0. The highest BCUT2D eigenvalue weighted by Gasteiger charge is 2.14. The molecule has 0 radical (unpaired) electrons. The third-order valence-electron chi connectivity index (χ3n) is 3.41. The summed E-state index contributed by atoms with van der Waals surface area (Å²) >= 11 is 0. The van der Waals surface area contributed by atoms with Crippen LogP contribution in [0.5, 0.6) is 11.5 Å². The van der Waals surface area contributed by atoms with Gasteiger partial charge in [0, 0.05) is 25.6 Å². The number of hydrogen-bond acceptors (Lipinski definition) is 3. The van der Waals surface area contributed by atoms with E-state index in [1.165, 1.54) is 0 Å². The first-order valence-electron chi connectivity index (χ1n) is 6.83. The topological polar surface area (TPSA) is 51.4 Å². The van der Waals surface area contributed by atoms with Gasteiger partial charge >= 0.3 is 0 Å². The van der Waals surface area contributed by atoms with Crippen molar-refractivity contribution in [2.45, 2.75) is 20.0 Å². The van der Waals surface area contributed by atoms with E-state index in [4.69, 9.17) is 9.47 Å². The Morgan fingerprint density at radius 2 is 2.10 bits per heavy atom. The van der Waals surface area contributed by atoms with Crippen molar-refractivity contribution in [1.29, 1.82) is 0 Å². The van der Waals surface area contributed by atoms with Gasteiger partial charge in [0.25, 0.3) is 5.91 Å². The van der Waals surface area contributed by atoms with Crippen molar-refractivity contribution in [2.24, 2.45) is 0 Å². The highest BCUT2D eigenvalue weighted by molar-refractivity contribution is 5.74. The van der Waals surface area contributed by atoms with Gasteiger partial charge in [-0.05, 0) is 17.7 Å². The molecule has 0 aliphatic carbocycles.